The molecule has 0 aromatic heterocycles. The second-order valence-electron chi connectivity index (χ2n) is 11.8. The van der Waals surface area contributed by atoms with Crippen LogP contribution in [0.25, 0.3) is 0 Å². The quantitative estimate of drug-likeness (QED) is 0.196. The van der Waals surface area contributed by atoms with Crippen LogP contribution in [-0.2, 0) is 9.53 Å². The molecule has 3 nitrogen and oxygen atoms in total. The van der Waals surface area contributed by atoms with Crippen molar-refractivity contribution < 1.29 is 14.6 Å². The van der Waals surface area contributed by atoms with Gasteiger partial charge >= 0.3 is 5.97 Å². The van der Waals surface area contributed by atoms with Crippen molar-refractivity contribution in [1.82, 2.24) is 0 Å². The first-order valence-corrected chi connectivity index (χ1v) is 14.4. The molecular weight excluding hydrogens is 488 g/mol. The van der Waals surface area contributed by atoms with Crippen molar-refractivity contribution >= 4 is 21.9 Å². The maximum Gasteiger partial charge on any atom is 0.316 e. The van der Waals surface area contributed by atoms with Crippen LogP contribution in [0.15, 0.2) is 47.6 Å². The molecule has 0 spiro atoms. The average molecular weight is 534 g/mol. The molecule has 1 N–H and O–H groups in total. The zero-order valence-electron chi connectivity index (χ0n) is 21.7. The van der Waals surface area contributed by atoms with E-state index in [-0.39, 0.29) is 17.4 Å². The Morgan fingerprint density at radius 1 is 1.29 bits per heavy atom. The van der Waals surface area contributed by atoms with E-state index in [1.807, 2.05) is 19.9 Å². The standard InChI is InChI=1S/C30H45BrO3/c1-21(16-18-29(3,4)33)8-12-25-13-15-27-23(7-6-17-30(25,27)5)10-11-24-19-26(14-9-22(24)2)34-28(32)20-31/h10-11,16,18,21,25-27,33H,2,6-9,12-15,17,19-20H2,1,3-5H3/b18-16+,23-10+,24-11-/t21?,25-,26-,27?,30+/m0/s1. The van der Waals surface area contributed by atoms with Crippen molar-refractivity contribution in [3.63, 3.8) is 0 Å². The lowest BCUT2D eigenvalue weighted by Crippen LogP contribution is -2.33. The van der Waals surface area contributed by atoms with Crippen LogP contribution in [0.2, 0.25) is 0 Å². The molecule has 5 atom stereocenters. The number of esters is 1. The Morgan fingerprint density at radius 3 is 2.76 bits per heavy atom. The molecule has 2 unspecified atom stereocenters. The molecule has 0 aromatic carbocycles. The van der Waals surface area contributed by atoms with E-state index in [2.05, 4.69) is 54.6 Å². The van der Waals surface area contributed by atoms with Gasteiger partial charge in [-0.3, -0.25) is 4.79 Å². The smallest absolute Gasteiger partial charge is 0.316 e. The van der Waals surface area contributed by atoms with Crippen molar-refractivity contribution in [2.45, 2.75) is 104 Å². The van der Waals surface area contributed by atoms with Crippen LogP contribution >= 0.6 is 15.9 Å². The summed E-state index contributed by atoms with van der Waals surface area (Å²) in [5.74, 6) is 1.79. The van der Waals surface area contributed by atoms with E-state index in [1.165, 1.54) is 56.1 Å². The molecule has 0 bridgehead atoms. The van der Waals surface area contributed by atoms with Crippen LogP contribution in [0.5, 0.6) is 0 Å². The van der Waals surface area contributed by atoms with E-state index >= 15 is 0 Å². The number of aliphatic hydroxyl groups is 1. The topological polar surface area (TPSA) is 46.5 Å². The molecular formula is C30H45BrO3. The lowest BCUT2D eigenvalue weighted by Gasteiger charge is -2.42. The third kappa shape index (κ3) is 7.20. The van der Waals surface area contributed by atoms with Crippen LogP contribution in [-0.4, -0.2) is 28.1 Å². The summed E-state index contributed by atoms with van der Waals surface area (Å²) in [6.07, 6.45) is 20.2. The van der Waals surface area contributed by atoms with Gasteiger partial charge in [0.1, 0.15) is 11.4 Å². The minimum absolute atomic E-state index is 0.0277. The number of hydrogen-bond donors (Lipinski definition) is 1. The maximum atomic E-state index is 11.7. The summed E-state index contributed by atoms with van der Waals surface area (Å²) in [6.45, 7) is 12.8. The third-order valence-corrected chi connectivity index (χ3v) is 9.00. The highest BCUT2D eigenvalue weighted by molar-refractivity contribution is 9.09. The molecule has 190 valence electrons. The van der Waals surface area contributed by atoms with Crippen molar-refractivity contribution in [3.05, 3.63) is 47.6 Å². The van der Waals surface area contributed by atoms with Gasteiger partial charge in [-0.1, -0.05) is 71.8 Å². The van der Waals surface area contributed by atoms with Gasteiger partial charge in [0, 0.05) is 6.42 Å². The number of carbonyl (C=O) groups is 1. The van der Waals surface area contributed by atoms with E-state index in [0.717, 1.165) is 25.2 Å². The molecule has 4 heteroatoms. The van der Waals surface area contributed by atoms with Crippen LogP contribution < -0.4 is 0 Å². The predicted octanol–water partition coefficient (Wildman–Crippen LogP) is 7.85. The molecule has 3 fully saturated rings. The first-order chi connectivity index (χ1) is 16.0. The number of halogens is 1. The molecule has 0 amide bonds. The molecule has 3 aliphatic carbocycles. The van der Waals surface area contributed by atoms with E-state index < -0.39 is 5.60 Å². The zero-order valence-corrected chi connectivity index (χ0v) is 23.3. The normalized spacial score (nSPS) is 33.5. The zero-order chi connectivity index (χ0) is 24.9. The fourth-order valence-electron chi connectivity index (χ4n) is 6.48. The molecule has 3 rings (SSSR count). The molecule has 0 aliphatic heterocycles. The van der Waals surface area contributed by atoms with Gasteiger partial charge in [0.25, 0.3) is 0 Å². The van der Waals surface area contributed by atoms with Crippen molar-refractivity contribution in [1.29, 1.82) is 0 Å². The summed E-state index contributed by atoms with van der Waals surface area (Å²) in [5.41, 5.74) is 3.74. The van der Waals surface area contributed by atoms with Gasteiger partial charge in [-0.15, -0.1) is 0 Å². The summed E-state index contributed by atoms with van der Waals surface area (Å²) < 4.78 is 5.59. The highest BCUT2D eigenvalue weighted by atomic mass is 79.9. The number of allylic oxidation sites excluding steroid dienone is 5. The molecule has 0 aromatic rings. The first-order valence-electron chi connectivity index (χ1n) is 13.3. The Balaban J connectivity index is 1.65. The van der Waals surface area contributed by atoms with E-state index in [4.69, 9.17) is 4.74 Å². The fourth-order valence-corrected chi connectivity index (χ4v) is 6.61. The Labute approximate surface area is 215 Å². The van der Waals surface area contributed by atoms with Gasteiger partial charge in [0.15, 0.2) is 0 Å². The monoisotopic (exact) mass is 532 g/mol. The maximum absolute atomic E-state index is 11.7. The third-order valence-electron chi connectivity index (χ3n) is 8.54. The summed E-state index contributed by atoms with van der Waals surface area (Å²) in [5, 5.41) is 10.2. The summed E-state index contributed by atoms with van der Waals surface area (Å²) >= 11 is 3.19. The second-order valence-corrected chi connectivity index (χ2v) is 12.3. The fraction of sp³-hybridized carbons (Fsp3) is 0.700. The molecule has 3 aliphatic rings. The highest BCUT2D eigenvalue weighted by Gasteiger charge is 2.48. The Hall–Kier alpha value is -1.13. The van der Waals surface area contributed by atoms with Gasteiger partial charge < -0.3 is 9.84 Å². The number of ether oxygens (including phenoxy) is 1. The van der Waals surface area contributed by atoms with E-state index in [9.17, 15) is 9.90 Å². The minimum atomic E-state index is -0.727. The van der Waals surface area contributed by atoms with Crippen LogP contribution in [0, 0.1) is 23.2 Å². The first kappa shape index (κ1) is 27.5. The molecule has 3 saturated carbocycles. The second kappa shape index (κ2) is 11.7. The lowest BCUT2D eigenvalue weighted by molar-refractivity contribution is -0.146. The highest BCUT2D eigenvalue weighted by Crippen LogP contribution is 2.58. The molecule has 0 saturated heterocycles. The lowest BCUT2D eigenvalue weighted by atomic mass is 9.62. The summed E-state index contributed by atoms with van der Waals surface area (Å²) in [4.78, 5) is 11.7. The Bertz CT molecular complexity index is 830. The van der Waals surface area contributed by atoms with Gasteiger partial charge in [-0.25, -0.2) is 0 Å². The summed E-state index contributed by atoms with van der Waals surface area (Å²) in [7, 11) is 0. The number of rotatable bonds is 8. The van der Waals surface area contributed by atoms with Crippen molar-refractivity contribution in [2.75, 3.05) is 5.33 Å². The average Bonchev–Trinajstić information content (AvgIpc) is 3.12. The molecule has 0 heterocycles. The minimum Gasteiger partial charge on any atom is -0.461 e. The van der Waals surface area contributed by atoms with Crippen LogP contribution in [0.3, 0.4) is 0 Å². The summed E-state index contributed by atoms with van der Waals surface area (Å²) in [6, 6.07) is 0. The number of alkyl halides is 1. The molecule has 34 heavy (non-hydrogen) atoms. The van der Waals surface area contributed by atoms with Gasteiger partial charge in [0.2, 0.25) is 0 Å². The van der Waals surface area contributed by atoms with Crippen molar-refractivity contribution in [3.8, 4) is 0 Å². The van der Waals surface area contributed by atoms with Gasteiger partial charge in [-0.05, 0) is 100 Å². The Kier molecular flexibility index (Phi) is 9.48. The van der Waals surface area contributed by atoms with E-state index in [0.29, 0.717) is 17.3 Å². The largest absolute Gasteiger partial charge is 0.461 e. The van der Waals surface area contributed by atoms with Crippen LogP contribution in [0.4, 0.5) is 0 Å². The SMILES string of the molecule is C=C1CC[C@H](OC(=O)CBr)C/C1=C/C=C1\CCC[C@@]2(C)C1CC[C@@H]2CCC(C)/C=C/C(C)(C)O. The van der Waals surface area contributed by atoms with Crippen LogP contribution in [0.1, 0.15) is 91.9 Å². The number of hydrogen-bond acceptors (Lipinski definition) is 3. The predicted molar refractivity (Wildman–Crippen MR) is 145 cm³/mol. The van der Waals surface area contributed by atoms with Crippen molar-refractivity contribution in [2.24, 2.45) is 23.2 Å². The van der Waals surface area contributed by atoms with Gasteiger partial charge in [-0.2, -0.15) is 0 Å². The Morgan fingerprint density at radius 2 is 2.06 bits per heavy atom. The van der Waals surface area contributed by atoms with E-state index in [1.54, 1.807) is 5.57 Å². The van der Waals surface area contributed by atoms with Gasteiger partial charge in [0.05, 0.1) is 5.60 Å². The number of fused-ring (bicyclic) bond motifs is 1. The number of carbonyl (C=O) groups excluding carboxylic acids is 1. The molecule has 0 radical (unpaired) electrons.